The van der Waals surface area contributed by atoms with E-state index in [1.54, 1.807) is 0 Å². The van der Waals surface area contributed by atoms with Crippen molar-refractivity contribution in [2.75, 3.05) is 11.9 Å². The molecule has 3 heteroatoms. The van der Waals surface area contributed by atoms with E-state index in [1.807, 2.05) is 36.4 Å². The fourth-order valence-corrected chi connectivity index (χ4v) is 2.43. The van der Waals surface area contributed by atoms with Crippen LogP contribution in [0.2, 0.25) is 0 Å². The van der Waals surface area contributed by atoms with Gasteiger partial charge in [-0.2, -0.15) is 0 Å². The molecule has 2 aromatic rings. The lowest BCUT2D eigenvalue weighted by molar-refractivity contribution is 0.276. The van der Waals surface area contributed by atoms with E-state index in [4.69, 9.17) is 0 Å². The van der Waals surface area contributed by atoms with Crippen molar-refractivity contribution < 1.29 is 5.11 Å². The second kappa shape index (κ2) is 6.73. The number of hydrogen-bond acceptors (Lipinski definition) is 2. The summed E-state index contributed by atoms with van der Waals surface area (Å²) in [5.41, 5.74) is 3.44. The number of anilines is 1. The minimum Gasteiger partial charge on any atom is -0.394 e. The Morgan fingerprint density at radius 3 is 2.42 bits per heavy atom. The van der Waals surface area contributed by atoms with Crippen LogP contribution >= 0.6 is 15.9 Å². The number of nitrogens with one attached hydrogen (secondary N) is 1. The van der Waals surface area contributed by atoms with Gasteiger partial charge in [-0.15, -0.1) is 0 Å². The van der Waals surface area contributed by atoms with Gasteiger partial charge >= 0.3 is 0 Å². The molecule has 0 aromatic heterocycles. The van der Waals surface area contributed by atoms with Gasteiger partial charge in [-0.25, -0.2) is 0 Å². The predicted octanol–water partition coefficient (Wildman–Crippen LogP) is 4.16. The summed E-state index contributed by atoms with van der Waals surface area (Å²) in [6, 6.07) is 16.1. The van der Waals surface area contributed by atoms with Crippen molar-refractivity contribution in [3.8, 4) is 0 Å². The minimum atomic E-state index is -0.0719. The van der Waals surface area contributed by atoms with Crippen molar-refractivity contribution in [1.82, 2.24) is 0 Å². The summed E-state index contributed by atoms with van der Waals surface area (Å²) in [6.45, 7) is 2.21. The SMILES string of the molecule is CCc1ccccc1C(CO)Nc1ccc(Br)cc1. The Balaban J connectivity index is 2.22. The van der Waals surface area contributed by atoms with E-state index in [9.17, 15) is 5.11 Å². The van der Waals surface area contributed by atoms with E-state index in [0.29, 0.717) is 0 Å². The Bertz CT molecular complexity index is 525. The van der Waals surface area contributed by atoms with Crippen LogP contribution in [0, 0.1) is 0 Å². The van der Waals surface area contributed by atoms with Gasteiger partial charge in [0, 0.05) is 10.2 Å². The summed E-state index contributed by atoms with van der Waals surface area (Å²) in [5.74, 6) is 0. The lowest BCUT2D eigenvalue weighted by Gasteiger charge is -2.20. The smallest absolute Gasteiger partial charge is 0.0747 e. The van der Waals surface area contributed by atoms with Gasteiger partial charge in [0.05, 0.1) is 12.6 Å². The molecule has 0 amide bonds. The average molecular weight is 320 g/mol. The van der Waals surface area contributed by atoms with Crippen LogP contribution in [-0.2, 0) is 6.42 Å². The van der Waals surface area contributed by atoms with Crippen LogP contribution in [0.15, 0.2) is 53.0 Å². The largest absolute Gasteiger partial charge is 0.394 e. The summed E-state index contributed by atoms with van der Waals surface area (Å²) in [4.78, 5) is 0. The normalized spacial score (nSPS) is 12.2. The maximum absolute atomic E-state index is 9.64. The summed E-state index contributed by atoms with van der Waals surface area (Å²) in [7, 11) is 0. The molecular weight excluding hydrogens is 302 g/mol. The van der Waals surface area contributed by atoms with E-state index in [2.05, 4.69) is 40.3 Å². The van der Waals surface area contributed by atoms with Gasteiger partial charge in [0.2, 0.25) is 0 Å². The van der Waals surface area contributed by atoms with Crippen molar-refractivity contribution in [3.63, 3.8) is 0 Å². The van der Waals surface area contributed by atoms with Crippen molar-refractivity contribution in [2.24, 2.45) is 0 Å². The number of aliphatic hydroxyl groups excluding tert-OH is 1. The molecule has 1 unspecified atom stereocenters. The van der Waals surface area contributed by atoms with Crippen LogP contribution in [0.25, 0.3) is 0 Å². The number of benzene rings is 2. The lowest BCUT2D eigenvalue weighted by Crippen LogP contribution is -2.16. The zero-order chi connectivity index (χ0) is 13.7. The Morgan fingerprint density at radius 1 is 1.11 bits per heavy atom. The van der Waals surface area contributed by atoms with Crippen molar-refractivity contribution in [2.45, 2.75) is 19.4 Å². The topological polar surface area (TPSA) is 32.3 Å². The van der Waals surface area contributed by atoms with Crippen LogP contribution in [0.1, 0.15) is 24.1 Å². The van der Waals surface area contributed by atoms with Crippen molar-refractivity contribution in [3.05, 3.63) is 64.1 Å². The highest BCUT2D eigenvalue weighted by molar-refractivity contribution is 9.10. The van der Waals surface area contributed by atoms with Crippen LogP contribution in [0.3, 0.4) is 0 Å². The van der Waals surface area contributed by atoms with E-state index < -0.39 is 0 Å². The molecule has 2 N–H and O–H groups in total. The monoisotopic (exact) mass is 319 g/mol. The third-order valence-electron chi connectivity index (χ3n) is 3.18. The molecule has 0 aliphatic rings. The third kappa shape index (κ3) is 3.58. The fourth-order valence-electron chi connectivity index (χ4n) is 2.17. The fraction of sp³-hybridized carbons (Fsp3) is 0.250. The maximum atomic E-state index is 9.64. The van der Waals surface area contributed by atoms with Crippen LogP contribution in [0.5, 0.6) is 0 Å². The summed E-state index contributed by atoms with van der Waals surface area (Å²) in [6.07, 6.45) is 0.967. The molecule has 0 spiro atoms. The Kier molecular flexibility index (Phi) is 5.00. The molecule has 0 aliphatic heterocycles. The standard InChI is InChI=1S/C16H18BrNO/c1-2-12-5-3-4-6-15(12)16(11-19)18-14-9-7-13(17)8-10-14/h3-10,16,18-19H,2,11H2,1H3. The molecule has 19 heavy (non-hydrogen) atoms. The molecule has 1 atom stereocenters. The van der Waals surface area contributed by atoms with E-state index in [0.717, 1.165) is 22.1 Å². The zero-order valence-corrected chi connectivity index (χ0v) is 12.5. The Labute approximate surface area is 122 Å². The molecule has 2 rings (SSSR count). The van der Waals surface area contributed by atoms with Crippen molar-refractivity contribution >= 4 is 21.6 Å². The second-order valence-corrected chi connectivity index (χ2v) is 5.35. The molecule has 0 fully saturated rings. The maximum Gasteiger partial charge on any atom is 0.0747 e. The highest BCUT2D eigenvalue weighted by atomic mass is 79.9. The average Bonchev–Trinajstić information content (AvgIpc) is 2.46. The van der Waals surface area contributed by atoms with Crippen LogP contribution in [-0.4, -0.2) is 11.7 Å². The van der Waals surface area contributed by atoms with Crippen LogP contribution in [0.4, 0.5) is 5.69 Å². The number of rotatable bonds is 5. The first-order valence-corrected chi connectivity index (χ1v) is 7.24. The molecule has 2 nitrogen and oxygen atoms in total. The quantitative estimate of drug-likeness (QED) is 0.867. The van der Waals surface area contributed by atoms with Gasteiger partial charge in [-0.05, 0) is 41.8 Å². The van der Waals surface area contributed by atoms with Gasteiger partial charge in [-0.3, -0.25) is 0 Å². The molecule has 0 radical (unpaired) electrons. The molecule has 0 aliphatic carbocycles. The van der Waals surface area contributed by atoms with Gasteiger partial charge < -0.3 is 10.4 Å². The minimum absolute atomic E-state index is 0.0719. The van der Waals surface area contributed by atoms with Crippen LogP contribution < -0.4 is 5.32 Å². The van der Waals surface area contributed by atoms with Gasteiger partial charge in [0.15, 0.2) is 0 Å². The molecule has 0 heterocycles. The summed E-state index contributed by atoms with van der Waals surface area (Å²) in [5, 5.41) is 13.0. The van der Waals surface area contributed by atoms with Gasteiger partial charge in [0.1, 0.15) is 0 Å². The van der Waals surface area contributed by atoms with E-state index >= 15 is 0 Å². The first-order valence-electron chi connectivity index (χ1n) is 6.45. The first kappa shape index (κ1) is 14.1. The highest BCUT2D eigenvalue weighted by Crippen LogP contribution is 2.24. The number of hydrogen-bond donors (Lipinski definition) is 2. The number of aliphatic hydroxyl groups is 1. The molecular formula is C16H18BrNO. The van der Waals surface area contributed by atoms with Crippen molar-refractivity contribution in [1.29, 1.82) is 0 Å². The second-order valence-electron chi connectivity index (χ2n) is 4.44. The summed E-state index contributed by atoms with van der Waals surface area (Å²) >= 11 is 3.42. The number of halogens is 1. The lowest BCUT2D eigenvalue weighted by atomic mass is 9.99. The van der Waals surface area contributed by atoms with E-state index in [-0.39, 0.29) is 12.6 Å². The Hall–Kier alpha value is -1.32. The molecule has 100 valence electrons. The van der Waals surface area contributed by atoms with E-state index in [1.165, 1.54) is 5.56 Å². The van der Waals surface area contributed by atoms with Gasteiger partial charge in [-0.1, -0.05) is 47.1 Å². The third-order valence-corrected chi connectivity index (χ3v) is 3.71. The molecule has 0 bridgehead atoms. The Morgan fingerprint density at radius 2 is 1.79 bits per heavy atom. The first-order chi connectivity index (χ1) is 9.24. The summed E-state index contributed by atoms with van der Waals surface area (Å²) < 4.78 is 1.05. The molecule has 2 aromatic carbocycles. The highest BCUT2D eigenvalue weighted by Gasteiger charge is 2.13. The zero-order valence-electron chi connectivity index (χ0n) is 10.9. The number of aryl methyl sites for hydroxylation is 1. The predicted molar refractivity (Wildman–Crippen MR) is 83.4 cm³/mol. The molecule has 0 saturated heterocycles. The molecule has 0 saturated carbocycles. The van der Waals surface area contributed by atoms with Gasteiger partial charge in [0.25, 0.3) is 0 Å².